The molecule has 1 saturated heterocycles. The van der Waals surface area contributed by atoms with Gasteiger partial charge in [-0.15, -0.1) is 0 Å². The number of hydrogen-bond donors (Lipinski definition) is 1. The molecule has 0 aliphatic carbocycles. The minimum absolute atomic E-state index is 0.0897. The number of hydrogen-bond acceptors (Lipinski definition) is 3. The maximum Gasteiger partial charge on any atom is 0.248 e. The van der Waals surface area contributed by atoms with Gasteiger partial charge in [0.25, 0.3) is 0 Å². The first-order chi connectivity index (χ1) is 7.90. The van der Waals surface area contributed by atoms with Gasteiger partial charge in [-0.25, -0.2) is 0 Å². The third-order valence-corrected chi connectivity index (χ3v) is 3.12. The average molecular weight is 242 g/mol. The fourth-order valence-corrected chi connectivity index (χ4v) is 1.97. The number of nitrogens with zero attached hydrogens (tertiary/aromatic N) is 1. The Labute approximate surface area is 105 Å². The van der Waals surface area contributed by atoms with Crippen molar-refractivity contribution in [1.29, 1.82) is 0 Å². The van der Waals surface area contributed by atoms with Gasteiger partial charge in [0, 0.05) is 13.1 Å². The Kier molecular flexibility index (Phi) is 5.40. The fourth-order valence-electron chi connectivity index (χ4n) is 1.97. The zero-order chi connectivity index (χ0) is 12.9. The molecule has 0 aromatic heterocycles. The van der Waals surface area contributed by atoms with Crippen LogP contribution in [-0.2, 0) is 9.53 Å². The molecule has 0 saturated carbocycles. The van der Waals surface area contributed by atoms with Crippen molar-refractivity contribution in [3.8, 4) is 0 Å². The molecule has 1 unspecified atom stereocenters. The third kappa shape index (κ3) is 5.50. The second kappa shape index (κ2) is 6.36. The van der Waals surface area contributed by atoms with E-state index >= 15 is 0 Å². The van der Waals surface area contributed by atoms with Crippen LogP contribution in [0.2, 0.25) is 0 Å². The molecule has 0 radical (unpaired) electrons. The second-order valence-electron chi connectivity index (χ2n) is 5.74. The molecular formula is C13H26N2O2. The van der Waals surface area contributed by atoms with E-state index in [2.05, 4.69) is 5.32 Å². The molecular weight excluding hydrogens is 216 g/mol. The Morgan fingerprint density at radius 3 is 2.71 bits per heavy atom. The predicted octanol–water partition coefficient (Wildman–Crippen LogP) is 1.40. The molecule has 0 aromatic rings. The number of carbonyl (C=O) groups excluding carboxylic acids is 1. The summed E-state index contributed by atoms with van der Waals surface area (Å²) in [4.78, 5) is 13.8. The number of amides is 1. The van der Waals surface area contributed by atoms with Gasteiger partial charge in [-0.3, -0.25) is 4.79 Å². The van der Waals surface area contributed by atoms with E-state index < -0.39 is 0 Å². The van der Waals surface area contributed by atoms with E-state index in [4.69, 9.17) is 4.74 Å². The van der Waals surface area contributed by atoms with E-state index in [0.717, 1.165) is 32.4 Å². The largest absolute Gasteiger partial charge is 0.366 e. The summed E-state index contributed by atoms with van der Waals surface area (Å²) < 4.78 is 5.53. The standard InChI is InChI=1S/C13H26N2O2/c1-13(2,3)17-10-12(16)15(4)11-6-5-8-14-9-7-11/h11,14H,5-10H2,1-4H3. The molecule has 0 spiro atoms. The summed E-state index contributed by atoms with van der Waals surface area (Å²) in [6.45, 7) is 8.16. The van der Waals surface area contributed by atoms with Crippen molar-refractivity contribution < 1.29 is 9.53 Å². The molecule has 1 N–H and O–H groups in total. The van der Waals surface area contributed by atoms with E-state index in [1.165, 1.54) is 0 Å². The molecule has 1 aliphatic heterocycles. The summed E-state index contributed by atoms with van der Waals surface area (Å²) in [5.41, 5.74) is -0.249. The summed E-state index contributed by atoms with van der Waals surface area (Å²) in [6.07, 6.45) is 3.27. The summed E-state index contributed by atoms with van der Waals surface area (Å²) in [6, 6.07) is 0.362. The van der Waals surface area contributed by atoms with Gasteiger partial charge in [0.2, 0.25) is 5.91 Å². The lowest BCUT2D eigenvalue weighted by Gasteiger charge is -2.28. The van der Waals surface area contributed by atoms with Crippen LogP contribution >= 0.6 is 0 Å². The maximum absolute atomic E-state index is 12.0. The first-order valence-electron chi connectivity index (χ1n) is 6.50. The number of ether oxygens (including phenoxy) is 1. The Morgan fingerprint density at radius 1 is 1.35 bits per heavy atom. The zero-order valence-electron chi connectivity index (χ0n) is 11.6. The monoisotopic (exact) mass is 242 g/mol. The van der Waals surface area contributed by atoms with Crippen LogP contribution in [0, 0.1) is 0 Å². The highest BCUT2D eigenvalue weighted by atomic mass is 16.5. The number of rotatable bonds is 3. The van der Waals surface area contributed by atoms with Crippen LogP contribution in [0.25, 0.3) is 0 Å². The molecule has 17 heavy (non-hydrogen) atoms. The third-order valence-electron chi connectivity index (χ3n) is 3.12. The lowest BCUT2D eigenvalue weighted by molar-refractivity contribution is -0.142. The van der Waals surface area contributed by atoms with Crippen LogP contribution in [0.5, 0.6) is 0 Å². The predicted molar refractivity (Wildman–Crippen MR) is 69.0 cm³/mol. The Bertz CT molecular complexity index is 240. The molecule has 4 nitrogen and oxygen atoms in total. The van der Waals surface area contributed by atoms with Crippen LogP contribution in [0.4, 0.5) is 0 Å². The van der Waals surface area contributed by atoms with E-state index in [1.807, 2.05) is 32.7 Å². The van der Waals surface area contributed by atoms with Gasteiger partial charge in [-0.05, 0) is 53.1 Å². The molecule has 1 atom stereocenters. The molecule has 1 heterocycles. The van der Waals surface area contributed by atoms with E-state index in [0.29, 0.717) is 6.04 Å². The number of carbonyl (C=O) groups is 1. The van der Waals surface area contributed by atoms with Gasteiger partial charge in [0.15, 0.2) is 0 Å². The van der Waals surface area contributed by atoms with Crippen LogP contribution in [0.15, 0.2) is 0 Å². The van der Waals surface area contributed by atoms with Gasteiger partial charge in [0.1, 0.15) is 6.61 Å². The summed E-state index contributed by atoms with van der Waals surface area (Å²) in [7, 11) is 1.89. The zero-order valence-corrected chi connectivity index (χ0v) is 11.6. The average Bonchev–Trinajstić information content (AvgIpc) is 2.52. The first-order valence-corrected chi connectivity index (χ1v) is 6.50. The van der Waals surface area contributed by atoms with Gasteiger partial charge in [0.05, 0.1) is 5.60 Å². The molecule has 0 bridgehead atoms. The van der Waals surface area contributed by atoms with E-state index in [-0.39, 0.29) is 18.1 Å². The number of nitrogens with one attached hydrogen (secondary N) is 1. The molecule has 100 valence electrons. The second-order valence-corrected chi connectivity index (χ2v) is 5.74. The molecule has 1 amide bonds. The summed E-state index contributed by atoms with van der Waals surface area (Å²) >= 11 is 0. The highest BCUT2D eigenvalue weighted by Gasteiger charge is 2.22. The van der Waals surface area contributed by atoms with Gasteiger partial charge in [-0.1, -0.05) is 0 Å². The highest BCUT2D eigenvalue weighted by Crippen LogP contribution is 2.13. The van der Waals surface area contributed by atoms with E-state index in [1.54, 1.807) is 0 Å². The number of likely N-dealkylation sites (N-methyl/N-ethyl adjacent to an activating group) is 1. The molecule has 0 aromatic carbocycles. The van der Waals surface area contributed by atoms with Crippen molar-refractivity contribution >= 4 is 5.91 Å². The Morgan fingerprint density at radius 2 is 2.06 bits per heavy atom. The molecule has 1 fully saturated rings. The summed E-state index contributed by atoms with van der Waals surface area (Å²) in [5, 5.41) is 3.36. The molecule has 4 heteroatoms. The van der Waals surface area contributed by atoms with E-state index in [9.17, 15) is 4.79 Å². The van der Waals surface area contributed by atoms with Crippen LogP contribution in [0.1, 0.15) is 40.0 Å². The first kappa shape index (κ1) is 14.5. The van der Waals surface area contributed by atoms with Crippen LogP contribution in [0.3, 0.4) is 0 Å². The minimum Gasteiger partial charge on any atom is -0.366 e. The van der Waals surface area contributed by atoms with Crippen molar-refractivity contribution in [3.63, 3.8) is 0 Å². The SMILES string of the molecule is CN(C(=O)COC(C)(C)C)C1CCCNCC1. The Hall–Kier alpha value is -0.610. The van der Waals surface area contributed by atoms with Crippen molar-refractivity contribution in [1.82, 2.24) is 10.2 Å². The van der Waals surface area contributed by atoms with Crippen molar-refractivity contribution in [2.45, 2.75) is 51.7 Å². The molecule has 1 aliphatic rings. The topological polar surface area (TPSA) is 41.6 Å². The maximum atomic E-state index is 12.0. The van der Waals surface area contributed by atoms with Gasteiger partial charge >= 0.3 is 0 Å². The normalized spacial score (nSPS) is 22.0. The molecule has 1 rings (SSSR count). The lowest BCUT2D eigenvalue weighted by Crippen LogP contribution is -2.41. The van der Waals surface area contributed by atoms with Crippen molar-refractivity contribution in [2.24, 2.45) is 0 Å². The Balaban J connectivity index is 2.39. The van der Waals surface area contributed by atoms with Crippen LogP contribution < -0.4 is 5.32 Å². The smallest absolute Gasteiger partial charge is 0.248 e. The lowest BCUT2D eigenvalue weighted by atomic mass is 10.1. The summed E-state index contributed by atoms with van der Waals surface area (Å²) in [5.74, 6) is 0.0897. The quantitative estimate of drug-likeness (QED) is 0.813. The van der Waals surface area contributed by atoms with Gasteiger partial charge < -0.3 is 15.0 Å². The van der Waals surface area contributed by atoms with Gasteiger partial charge in [-0.2, -0.15) is 0 Å². The van der Waals surface area contributed by atoms with Crippen molar-refractivity contribution in [2.75, 3.05) is 26.7 Å². The van der Waals surface area contributed by atoms with Crippen molar-refractivity contribution in [3.05, 3.63) is 0 Å². The highest BCUT2D eigenvalue weighted by molar-refractivity contribution is 5.77. The minimum atomic E-state index is -0.249. The fraction of sp³-hybridized carbons (Fsp3) is 0.923. The van der Waals surface area contributed by atoms with Crippen LogP contribution in [-0.4, -0.2) is 49.2 Å².